The second-order valence-corrected chi connectivity index (χ2v) is 13.3. The largest absolute Gasteiger partial charge is 0.249 e. The molecule has 0 bridgehead atoms. The third-order valence-electron chi connectivity index (χ3n) is 7.19. The Morgan fingerprint density at radius 1 is 0.381 bits per heavy atom. The summed E-state index contributed by atoms with van der Waals surface area (Å²) >= 11 is 2.52. The van der Waals surface area contributed by atoms with Crippen LogP contribution < -0.4 is 0 Å². The van der Waals surface area contributed by atoms with E-state index in [4.69, 9.17) is 9.97 Å². The summed E-state index contributed by atoms with van der Waals surface area (Å²) in [6.45, 7) is 27.3. The molecule has 0 fully saturated rings. The maximum Gasteiger partial charge on any atom is 0.110 e. The fourth-order valence-electron chi connectivity index (χ4n) is 4.87. The van der Waals surface area contributed by atoms with Crippen molar-refractivity contribution in [2.45, 2.75) is 102 Å². The van der Waals surface area contributed by atoms with Crippen LogP contribution in [0.2, 0.25) is 0 Å². The maximum atomic E-state index is 4.84. The van der Waals surface area contributed by atoms with Crippen molar-refractivity contribution < 1.29 is 0 Å². The smallest absolute Gasteiger partial charge is 0.110 e. The van der Waals surface area contributed by atoms with E-state index >= 15 is 0 Å². The first-order chi connectivity index (χ1) is 19.7. The van der Waals surface area contributed by atoms with Crippen molar-refractivity contribution in [2.75, 3.05) is 0 Å². The first kappa shape index (κ1) is 31.7. The van der Waals surface area contributed by atoms with Crippen LogP contribution in [0.1, 0.15) is 105 Å². The predicted molar refractivity (Wildman–Crippen MR) is 178 cm³/mol. The molecule has 0 saturated carbocycles. The van der Waals surface area contributed by atoms with E-state index in [2.05, 4.69) is 75.9 Å². The number of rotatable bonds is 2. The van der Waals surface area contributed by atoms with Gasteiger partial charge in [-0.15, -0.1) is 0 Å². The third-order valence-corrected chi connectivity index (χ3v) is 8.24. The minimum atomic E-state index is 0.344. The van der Waals surface area contributed by atoms with Gasteiger partial charge in [0.1, 0.15) is 22.1 Å². The summed E-state index contributed by atoms with van der Waals surface area (Å²) in [7, 11) is 0. The van der Waals surface area contributed by atoms with Crippen LogP contribution in [0.3, 0.4) is 0 Å². The highest BCUT2D eigenvalue weighted by Gasteiger charge is 2.23. The molecule has 0 aliphatic rings. The van der Waals surface area contributed by atoms with Gasteiger partial charge in [0, 0.05) is 22.3 Å². The van der Waals surface area contributed by atoms with Crippen molar-refractivity contribution in [3.63, 3.8) is 0 Å². The van der Waals surface area contributed by atoms with E-state index in [0.717, 1.165) is 84.0 Å². The van der Waals surface area contributed by atoms with Gasteiger partial charge < -0.3 is 0 Å². The third kappa shape index (κ3) is 5.97. The molecular weight excluding hydrogens is 561 g/mol. The molecule has 2 aromatic carbocycles. The van der Waals surface area contributed by atoms with E-state index in [1.165, 1.54) is 34.6 Å². The maximum absolute atomic E-state index is 4.84. The van der Waals surface area contributed by atoms with E-state index < -0.39 is 0 Å². The Kier molecular flexibility index (Phi) is 9.47. The van der Waals surface area contributed by atoms with Crippen LogP contribution in [-0.4, -0.2) is 37.4 Å². The molecule has 6 rings (SSSR count). The monoisotopic (exact) mass is 602 g/mol. The summed E-state index contributed by atoms with van der Waals surface area (Å²) in [4.78, 5) is 19.0. The van der Waals surface area contributed by atoms with Crippen LogP contribution in [0, 0.1) is 47.5 Å². The highest BCUT2D eigenvalue weighted by atomic mass is 32.1. The molecular formula is C32H42N8S2. The lowest BCUT2D eigenvalue weighted by atomic mass is 9.92. The average Bonchev–Trinajstić information content (AvgIpc) is 3.58. The van der Waals surface area contributed by atoms with Gasteiger partial charge >= 0.3 is 0 Å². The number of benzene rings is 2. The molecule has 0 radical (unpaired) electrons. The molecule has 0 unspecified atom stereocenters. The zero-order chi connectivity index (χ0) is 31.0. The molecule has 0 spiro atoms. The van der Waals surface area contributed by atoms with Gasteiger partial charge in [0.15, 0.2) is 0 Å². The van der Waals surface area contributed by atoms with Gasteiger partial charge in [0.25, 0.3) is 0 Å². The highest BCUT2D eigenvalue weighted by molar-refractivity contribution is 7.00. The van der Waals surface area contributed by atoms with Crippen LogP contribution in [0.25, 0.3) is 44.1 Å². The van der Waals surface area contributed by atoms with Crippen LogP contribution in [-0.2, 0) is 0 Å². The molecule has 4 heterocycles. The van der Waals surface area contributed by atoms with Crippen molar-refractivity contribution in [3.8, 4) is 0 Å². The number of hydrogen-bond acceptors (Lipinski definition) is 10. The Bertz CT molecular complexity index is 1770. The second-order valence-electron chi connectivity index (χ2n) is 12.2. The SMILES string of the molecule is CC(C)C.Cc1nc2c(C(C)C)c3nsnc3c(C(C)C)c2nc1C.Cc1nc2c(C)c3nsnc3c(C)c2nc1C. The lowest BCUT2D eigenvalue weighted by molar-refractivity contribution is 0.737. The lowest BCUT2D eigenvalue weighted by Crippen LogP contribution is -2.04. The Balaban J connectivity index is 0.000000174. The average molecular weight is 603 g/mol. The van der Waals surface area contributed by atoms with Gasteiger partial charge in [-0.1, -0.05) is 48.5 Å². The molecule has 10 heteroatoms. The lowest BCUT2D eigenvalue weighted by Gasteiger charge is -2.16. The van der Waals surface area contributed by atoms with Gasteiger partial charge in [-0.3, -0.25) is 0 Å². The van der Waals surface area contributed by atoms with E-state index in [1.807, 2.05) is 41.5 Å². The molecule has 0 amide bonds. The number of hydrogen-bond donors (Lipinski definition) is 0. The number of aryl methyl sites for hydroxylation is 6. The normalized spacial score (nSPS) is 11.6. The summed E-state index contributed by atoms with van der Waals surface area (Å²) in [6, 6.07) is 0. The summed E-state index contributed by atoms with van der Waals surface area (Å²) in [5.74, 6) is 1.52. The van der Waals surface area contributed by atoms with E-state index in [0.29, 0.717) is 11.8 Å². The first-order valence-corrected chi connectivity index (χ1v) is 16.0. The van der Waals surface area contributed by atoms with E-state index in [1.54, 1.807) is 0 Å². The van der Waals surface area contributed by atoms with Crippen molar-refractivity contribution in [1.29, 1.82) is 0 Å². The van der Waals surface area contributed by atoms with Crippen LogP contribution in [0.15, 0.2) is 0 Å². The van der Waals surface area contributed by atoms with Crippen LogP contribution >= 0.6 is 23.5 Å². The molecule has 42 heavy (non-hydrogen) atoms. The van der Waals surface area contributed by atoms with Crippen LogP contribution in [0.4, 0.5) is 0 Å². The first-order valence-electron chi connectivity index (χ1n) is 14.5. The summed E-state index contributed by atoms with van der Waals surface area (Å²) in [5, 5.41) is 0. The molecule has 0 aliphatic carbocycles. The van der Waals surface area contributed by atoms with Gasteiger partial charge in [-0.25, -0.2) is 19.9 Å². The molecule has 4 aromatic heterocycles. The predicted octanol–water partition coefficient (Wildman–Crippen LogP) is 9.03. The standard InChI is InChI=1S/C16H20N4S.C12H12N4S.C4H10/c1-7(2)11-13-14(18-10(6)9(5)17-13)12(8(3)4)16-15(11)19-21-20-16;1-5-9-10(14-8(4)7(3)13-9)6(2)12-11(5)15-17-16-12;1-4(2)3/h7-8H,1-6H3;1-4H3;4H,1-3H3. The van der Waals surface area contributed by atoms with Gasteiger partial charge in [0.2, 0.25) is 0 Å². The molecule has 0 atom stereocenters. The number of nitrogens with zero attached hydrogens (tertiary/aromatic N) is 8. The fourth-order valence-corrected chi connectivity index (χ4v) is 6.09. The molecule has 0 aliphatic heterocycles. The zero-order valence-corrected chi connectivity index (χ0v) is 28.8. The van der Waals surface area contributed by atoms with Gasteiger partial charge in [-0.2, -0.15) is 17.5 Å². The van der Waals surface area contributed by atoms with Gasteiger partial charge in [0.05, 0.1) is 68.3 Å². The molecule has 6 aromatic rings. The Hall–Kier alpha value is -3.24. The molecule has 0 saturated heterocycles. The summed E-state index contributed by atoms with van der Waals surface area (Å²) in [5.41, 5.74) is 16.2. The van der Waals surface area contributed by atoms with E-state index in [-0.39, 0.29) is 0 Å². The summed E-state index contributed by atoms with van der Waals surface area (Å²) in [6.07, 6.45) is 0. The van der Waals surface area contributed by atoms with Crippen molar-refractivity contribution >= 4 is 67.6 Å². The highest BCUT2D eigenvalue weighted by Crippen LogP contribution is 2.37. The van der Waals surface area contributed by atoms with Crippen LogP contribution in [0.5, 0.6) is 0 Å². The second kappa shape index (κ2) is 12.6. The van der Waals surface area contributed by atoms with Crippen molar-refractivity contribution in [1.82, 2.24) is 37.4 Å². The Labute approximate surface area is 257 Å². The Morgan fingerprint density at radius 2 is 0.643 bits per heavy atom. The number of aromatic nitrogens is 8. The van der Waals surface area contributed by atoms with Crippen molar-refractivity contribution in [3.05, 3.63) is 45.0 Å². The summed E-state index contributed by atoms with van der Waals surface area (Å²) < 4.78 is 17.8. The van der Waals surface area contributed by atoms with Gasteiger partial charge in [-0.05, 0) is 59.3 Å². The van der Waals surface area contributed by atoms with E-state index in [9.17, 15) is 0 Å². The minimum Gasteiger partial charge on any atom is -0.249 e. The zero-order valence-electron chi connectivity index (χ0n) is 27.1. The minimum absolute atomic E-state index is 0.344. The molecule has 222 valence electrons. The van der Waals surface area contributed by atoms with Crippen molar-refractivity contribution in [2.24, 2.45) is 5.92 Å². The molecule has 0 N–H and O–H groups in total. The quantitative estimate of drug-likeness (QED) is 0.193. The Morgan fingerprint density at radius 3 is 0.929 bits per heavy atom. The number of fused-ring (bicyclic) bond motifs is 4. The molecule has 8 nitrogen and oxygen atoms in total. The fraction of sp³-hybridized carbons (Fsp3) is 0.500. The topological polar surface area (TPSA) is 103 Å².